The molecule has 0 saturated carbocycles. The molecule has 0 atom stereocenters. The fraction of sp³-hybridized carbons (Fsp3) is 0.0476. The molecule has 0 unspecified atom stereocenters. The van der Waals surface area contributed by atoms with Gasteiger partial charge in [0.15, 0.2) is 0 Å². The predicted molar refractivity (Wildman–Crippen MR) is 115 cm³/mol. The summed E-state index contributed by atoms with van der Waals surface area (Å²) in [4.78, 5) is 24.5. The van der Waals surface area contributed by atoms with Gasteiger partial charge in [-0.05, 0) is 48.9 Å². The molecule has 0 saturated heterocycles. The summed E-state index contributed by atoms with van der Waals surface area (Å²) in [6, 6.07) is 13.6. The van der Waals surface area contributed by atoms with Crippen molar-refractivity contribution in [1.82, 2.24) is 19.5 Å². The van der Waals surface area contributed by atoms with E-state index in [-0.39, 0.29) is 6.03 Å². The molecule has 9 heteroatoms. The number of aromatic nitrogens is 4. The second kappa shape index (κ2) is 8.62. The molecule has 4 aromatic rings. The Morgan fingerprint density at radius 1 is 1.03 bits per heavy atom. The van der Waals surface area contributed by atoms with E-state index in [1.54, 1.807) is 65.8 Å². The SMILES string of the molecule is Cc1ccc(NC(=O)Nc2ccc(Oc3cc(-n4ccnc4)ncn3)cc2)cc1Cl. The zero-order valence-electron chi connectivity index (χ0n) is 15.9. The largest absolute Gasteiger partial charge is 0.439 e. The molecular formula is C21H17ClN6O2. The van der Waals surface area contributed by atoms with E-state index in [1.807, 2.05) is 13.0 Å². The summed E-state index contributed by atoms with van der Waals surface area (Å²) in [5.74, 6) is 1.61. The normalized spacial score (nSPS) is 10.5. The molecule has 0 radical (unpaired) electrons. The van der Waals surface area contributed by atoms with Gasteiger partial charge in [-0.2, -0.15) is 0 Å². The van der Waals surface area contributed by atoms with Crippen molar-refractivity contribution in [3.63, 3.8) is 0 Å². The van der Waals surface area contributed by atoms with Crippen molar-refractivity contribution in [2.45, 2.75) is 6.92 Å². The first-order valence-corrected chi connectivity index (χ1v) is 9.37. The van der Waals surface area contributed by atoms with Crippen molar-refractivity contribution >= 4 is 29.0 Å². The van der Waals surface area contributed by atoms with Crippen LogP contribution in [0.25, 0.3) is 5.82 Å². The van der Waals surface area contributed by atoms with E-state index in [2.05, 4.69) is 25.6 Å². The van der Waals surface area contributed by atoms with Gasteiger partial charge in [0.05, 0.1) is 0 Å². The summed E-state index contributed by atoms with van der Waals surface area (Å²) in [5.41, 5.74) is 2.17. The standard InChI is InChI=1S/C21H17ClN6O2/c1-14-2-3-16(10-18(14)22)27-21(29)26-15-4-6-17(7-5-15)30-20-11-19(24-12-25-20)28-9-8-23-13-28/h2-13H,1H3,(H2,26,27,29). The van der Waals surface area contributed by atoms with Crippen molar-refractivity contribution < 1.29 is 9.53 Å². The molecular weight excluding hydrogens is 404 g/mol. The average molecular weight is 421 g/mol. The molecule has 2 amide bonds. The van der Waals surface area contributed by atoms with Gasteiger partial charge < -0.3 is 15.4 Å². The number of hydrogen-bond donors (Lipinski definition) is 2. The van der Waals surface area contributed by atoms with Crippen LogP contribution >= 0.6 is 11.6 Å². The lowest BCUT2D eigenvalue weighted by atomic mass is 10.2. The van der Waals surface area contributed by atoms with Gasteiger partial charge >= 0.3 is 6.03 Å². The molecule has 30 heavy (non-hydrogen) atoms. The minimum Gasteiger partial charge on any atom is -0.439 e. The van der Waals surface area contributed by atoms with Crippen LogP contribution in [0.4, 0.5) is 16.2 Å². The molecule has 0 aliphatic rings. The summed E-state index contributed by atoms with van der Waals surface area (Å²) in [7, 11) is 0. The van der Waals surface area contributed by atoms with Crippen LogP contribution in [-0.2, 0) is 0 Å². The number of amides is 2. The quantitative estimate of drug-likeness (QED) is 0.470. The molecule has 150 valence electrons. The Hall–Kier alpha value is -3.91. The lowest BCUT2D eigenvalue weighted by Crippen LogP contribution is -2.19. The van der Waals surface area contributed by atoms with Gasteiger partial charge in [0.1, 0.15) is 24.2 Å². The molecule has 2 heterocycles. The molecule has 8 nitrogen and oxygen atoms in total. The van der Waals surface area contributed by atoms with Gasteiger partial charge in [-0.3, -0.25) is 4.57 Å². The predicted octanol–water partition coefficient (Wildman–Crippen LogP) is 5.06. The Balaban J connectivity index is 1.37. The number of imidazole rings is 1. The number of benzene rings is 2. The van der Waals surface area contributed by atoms with Crippen LogP contribution in [0.1, 0.15) is 5.56 Å². The number of urea groups is 1. The number of carbonyl (C=O) groups is 1. The first kappa shape index (κ1) is 19.4. The minimum atomic E-state index is -0.371. The number of hydrogen-bond acceptors (Lipinski definition) is 5. The second-order valence-corrected chi connectivity index (χ2v) is 6.76. The molecule has 0 bridgehead atoms. The van der Waals surface area contributed by atoms with Crippen LogP contribution in [0.2, 0.25) is 5.02 Å². The van der Waals surface area contributed by atoms with Gasteiger partial charge in [-0.1, -0.05) is 17.7 Å². The molecule has 0 spiro atoms. The number of carbonyl (C=O) groups excluding carboxylic acids is 1. The number of rotatable bonds is 5. The van der Waals surface area contributed by atoms with Crippen molar-refractivity contribution in [1.29, 1.82) is 0 Å². The number of halogens is 1. The lowest BCUT2D eigenvalue weighted by molar-refractivity contribution is 0.262. The zero-order chi connectivity index (χ0) is 20.9. The molecule has 0 aliphatic carbocycles. The number of nitrogens with one attached hydrogen (secondary N) is 2. The van der Waals surface area contributed by atoms with Crippen molar-refractivity contribution in [3.05, 3.63) is 84.2 Å². The third-order valence-electron chi connectivity index (χ3n) is 4.16. The number of aryl methyl sites for hydroxylation is 1. The summed E-state index contributed by atoms with van der Waals surface area (Å²) in [5, 5.41) is 6.09. The highest BCUT2D eigenvalue weighted by Crippen LogP contribution is 2.23. The molecule has 2 aromatic carbocycles. The summed E-state index contributed by atoms with van der Waals surface area (Å²) >= 11 is 6.08. The highest BCUT2D eigenvalue weighted by Gasteiger charge is 2.06. The van der Waals surface area contributed by atoms with Gasteiger partial charge in [-0.25, -0.2) is 19.7 Å². The highest BCUT2D eigenvalue weighted by atomic mass is 35.5. The maximum absolute atomic E-state index is 12.2. The van der Waals surface area contributed by atoms with Crippen molar-refractivity contribution in [2.24, 2.45) is 0 Å². The van der Waals surface area contributed by atoms with Crippen LogP contribution in [0.5, 0.6) is 11.6 Å². The van der Waals surface area contributed by atoms with E-state index >= 15 is 0 Å². The third-order valence-corrected chi connectivity index (χ3v) is 4.57. The molecule has 2 N–H and O–H groups in total. The van der Waals surface area contributed by atoms with Crippen LogP contribution < -0.4 is 15.4 Å². The van der Waals surface area contributed by atoms with Crippen LogP contribution in [-0.4, -0.2) is 25.6 Å². The van der Waals surface area contributed by atoms with E-state index in [0.717, 1.165) is 5.56 Å². The Morgan fingerprint density at radius 3 is 2.53 bits per heavy atom. The number of nitrogens with zero attached hydrogens (tertiary/aromatic N) is 4. The summed E-state index contributed by atoms with van der Waals surface area (Å²) < 4.78 is 7.52. The van der Waals surface area contributed by atoms with Crippen LogP contribution in [0, 0.1) is 6.92 Å². The topological polar surface area (TPSA) is 94.0 Å². The number of anilines is 2. The van der Waals surface area contributed by atoms with Gasteiger partial charge in [0.25, 0.3) is 0 Å². The van der Waals surface area contributed by atoms with Crippen LogP contribution in [0.3, 0.4) is 0 Å². The number of ether oxygens (including phenoxy) is 1. The average Bonchev–Trinajstić information content (AvgIpc) is 3.27. The van der Waals surface area contributed by atoms with Gasteiger partial charge in [0, 0.05) is 34.9 Å². The van der Waals surface area contributed by atoms with E-state index in [4.69, 9.17) is 16.3 Å². The summed E-state index contributed by atoms with van der Waals surface area (Å²) in [6.07, 6.45) is 6.50. The molecule has 2 aromatic heterocycles. The molecule has 0 fully saturated rings. The van der Waals surface area contributed by atoms with E-state index in [9.17, 15) is 4.79 Å². The smallest absolute Gasteiger partial charge is 0.323 e. The monoisotopic (exact) mass is 420 g/mol. The molecule has 4 rings (SSSR count). The summed E-state index contributed by atoms with van der Waals surface area (Å²) in [6.45, 7) is 1.90. The minimum absolute atomic E-state index is 0.371. The fourth-order valence-electron chi connectivity index (χ4n) is 2.61. The van der Waals surface area contributed by atoms with Gasteiger partial charge in [0.2, 0.25) is 5.88 Å². The second-order valence-electron chi connectivity index (χ2n) is 6.35. The third kappa shape index (κ3) is 4.73. The zero-order valence-corrected chi connectivity index (χ0v) is 16.7. The Kier molecular flexibility index (Phi) is 5.58. The first-order chi connectivity index (χ1) is 14.6. The maximum atomic E-state index is 12.2. The van der Waals surface area contributed by atoms with Gasteiger partial charge in [-0.15, -0.1) is 0 Å². The molecule has 0 aliphatic heterocycles. The van der Waals surface area contributed by atoms with Crippen molar-refractivity contribution in [3.8, 4) is 17.4 Å². The Morgan fingerprint density at radius 2 is 1.80 bits per heavy atom. The van der Waals surface area contributed by atoms with Crippen molar-refractivity contribution in [2.75, 3.05) is 10.6 Å². The Bertz CT molecular complexity index is 1160. The maximum Gasteiger partial charge on any atom is 0.323 e. The first-order valence-electron chi connectivity index (χ1n) is 8.99. The highest BCUT2D eigenvalue weighted by molar-refractivity contribution is 6.31. The lowest BCUT2D eigenvalue weighted by Gasteiger charge is -2.10. The van der Waals surface area contributed by atoms with Crippen LogP contribution in [0.15, 0.2) is 73.6 Å². The van der Waals surface area contributed by atoms with E-state index in [0.29, 0.717) is 33.8 Å². The fourth-order valence-corrected chi connectivity index (χ4v) is 2.79. The van der Waals surface area contributed by atoms with E-state index in [1.165, 1.54) is 6.33 Å². The van der Waals surface area contributed by atoms with E-state index < -0.39 is 0 Å². The Labute approximate surface area is 177 Å².